The van der Waals surface area contributed by atoms with E-state index in [1.165, 1.54) is 30.2 Å². The predicted octanol–water partition coefficient (Wildman–Crippen LogP) is 4.94. The summed E-state index contributed by atoms with van der Waals surface area (Å²) in [6.45, 7) is 3.65. The second-order valence-electron chi connectivity index (χ2n) is 9.41. The van der Waals surface area contributed by atoms with E-state index in [9.17, 15) is 22.8 Å². The number of nitrogens with zero attached hydrogens (tertiary/aromatic N) is 5. The highest BCUT2D eigenvalue weighted by Gasteiger charge is 2.31. The van der Waals surface area contributed by atoms with Crippen LogP contribution in [0.15, 0.2) is 61.2 Å². The summed E-state index contributed by atoms with van der Waals surface area (Å²) in [6.07, 6.45) is 1.30. The number of imidazole rings is 1. The highest BCUT2D eigenvalue weighted by molar-refractivity contribution is 5.98. The Morgan fingerprint density at radius 3 is 2.51 bits per heavy atom. The fraction of sp³-hybridized carbons (Fsp3) is 0.241. The Labute approximate surface area is 223 Å². The molecule has 200 valence electrons. The van der Waals surface area contributed by atoms with Gasteiger partial charge in [-0.3, -0.25) is 9.59 Å². The largest absolute Gasteiger partial charge is 0.416 e. The number of carbonyl (C=O) groups is 2. The molecule has 0 saturated heterocycles. The molecule has 0 saturated carbocycles. The summed E-state index contributed by atoms with van der Waals surface area (Å²) in [5, 5.41) is 3.93. The lowest BCUT2D eigenvalue weighted by Gasteiger charge is -2.16. The van der Waals surface area contributed by atoms with Crippen LogP contribution in [0.3, 0.4) is 0 Å². The van der Waals surface area contributed by atoms with Crippen molar-refractivity contribution in [3.8, 4) is 17.5 Å². The minimum Gasteiger partial charge on any atom is -0.303 e. The first-order valence-electron chi connectivity index (χ1n) is 12.0. The van der Waals surface area contributed by atoms with Gasteiger partial charge in [-0.25, -0.2) is 9.67 Å². The molecule has 0 bridgehead atoms. The minimum absolute atomic E-state index is 0.226. The van der Waals surface area contributed by atoms with Crippen LogP contribution in [0, 0.1) is 18.8 Å². The molecule has 2 aromatic carbocycles. The Hall–Kier alpha value is -4.49. The first kappa shape index (κ1) is 27.5. The standard InChI is InChI=1S/C29H26F3N5O2/c1-19-5-7-24(14-23(19)8-6-21-16-34-37(17-21)20(2)38)27(39)13-22-11-25(29(30,31)32)15-26(12-22)36-10-9-33-28(36)18-35(3)4/h5,7,9-12,14-17H,13,18H2,1-4H3. The molecule has 2 aromatic heterocycles. The van der Waals surface area contributed by atoms with Crippen LogP contribution in [0.2, 0.25) is 0 Å². The van der Waals surface area contributed by atoms with E-state index in [1.807, 2.05) is 25.9 Å². The molecular formula is C29H26F3N5O2. The maximum Gasteiger partial charge on any atom is 0.416 e. The summed E-state index contributed by atoms with van der Waals surface area (Å²) >= 11 is 0. The lowest BCUT2D eigenvalue weighted by Crippen LogP contribution is -2.16. The summed E-state index contributed by atoms with van der Waals surface area (Å²) in [5.41, 5.74) is 1.96. The van der Waals surface area contributed by atoms with Crippen LogP contribution in [0.25, 0.3) is 5.69 Å². The number of carbonyl (C=O) groups excluding carboxylic acids is 2. The van der Waals surface area contributed by atoms with Gasteiger partial charge in [-0.05, 0) is 56.4 Å². The van der Waals surface area contributed by atoms with Gasteiger partial charge >= 0.3 is 6.18 Å². The van der Waals surface area contributed by atoms with E-state index < -0.39 is 11.7 Å². The van der Waals surface area contributed by atoms with Crippen molar-refractivity contribution in [3.05, 3.63) is 100 Å². The van der Waals surface area contributed by atoms with Gasteiger partial charge in [0.25, 0.3) is 0 Å². The number of rotatable bonds is 6. The van der Waals surface area contributed by atoms with Gasteiger partial charge in [-0.15, -0.1) is 0 Å². The van der Waals surface area contributed by atoms with Crippen molar-refractivity contribution < 1.29 is 22.8 Å². The van der Waals surface area contributed by atoms with Crippen LogP contribution in [0.4, 0.5) is 13.2 Å². The molecule has 0 spiro atoms. The summed E-state index contributed by atoms with van der Waals surface area (Å²) in [7, 11) is 3.68. The Kier molecular flexibility index (Phi) is 7.83. The van der Waals surface area contributed by atoms with Crippen molar-refractivity contribution in [3.63, 3.8) is 0 Å². The van der Waals surface area contributed by atoms with Gasteiger partial charge in [-0.2, -0.15) is 18.3 Å². The second-order valence-corrected chi connectivity index (χ2v) is 9.41. The zero-order chi connectivity index (χ0) is 28.3. The molecule has 0 amide bonds. The molecule has 0 unspecified atom stereocenters. The van der Waals surface area contributed by atoms with Crippen molar-refractivity contribution in [2.45, 2.75) is 33.0 Å². The number of aromatic nitrogens is 4. The summed E-state index contributed by atoms with van der Waals surface area (Å²) in [6, 6.07) is 8.65. The molecule has 4 aromatic rings. The maximum absolute atomic E-state index is 13.8. The molecular weight excluding hydrogens is 507 g/mol. The van der Waals surface area contributed by atoms with Crippen molar-refractivity contribution in [2.75, 3.05) is 14.1 Å². The number of aryl methyl sites for hydroxylation is 1. The van der Waals surface area contributed by atoms with Crippen molar-refractivity contribution in [1.29, 1.82) is 0 Å². The summed E-state index contributed by atoms with van der Waals surface area (Å²) in [4.78, 5) is 30.8. The van der Waals surface area contributed by atoms with E-state index in [-0.39, 0.29) is 29.4 Å². The van der Waals surface area contributed by atoms with Gasteiger partial charge in [0, 0.05) is 48.7 Å². The molecule has 7 nitrogen and oxygen atoms in total. The summed E-state index contributed by atoms with van der Waals surface area (Å²) < 4.78 is 44.1. The van der Waals surface area contributed by atoms with E-state index in [0.29, 0.717) is 29.1 Å². The molecule has 0 fully saturated rings. The molecule has 0 aliphatic heterocycles. The zero-order valence-corrected chi connectivity index (χ0v) is 21.9. The van der Waals surface area contributed by atoms with Crippen LogP contribution in [0.1, 0.15) is 55.7 Å². The number of Topliss-reactive ketones (excluding diaryl/α,β-unsaturated/α-hetero) is 1. The molecule has 0 radical (unpaired) electrons. The molecule has 0 N–H and O–H groups in total. The van der Waals surface area contributed by atoms with Gasteiger partial charge < -0.3 is 9.47 Å². The summed E-state index contributed by atoms with van der Waals surface area (Å²) in [5.74, 6) is 5.91. The molecule has 0 aliphatic carbocycles. The third-order valence-electron chi connectivity index (χ3n) is 5.93. The first-order valence-corrected chi connectivity index (χ1v) is 12.0. The van der Waals surface area contributed by atoms with E-state index in [1.54, 1.807) is 35.0 Å². The highest BCUT2D eigenvalue weighted by Crippen LogP contribution is 2.32. The number of ketones is 1. The maximum atomic E-state index is 13.8. The number of alkyl halides is 3. The minimum atomic E-state index is -4.58. The van der Waals surface area contributed by atoms with E-state index in [2.05, 4.69) is 21.9 Å². The molecule has 2 heterocycles. The van der Waals surface area contributed by atoms with E-state index in [0.717, 1.165) is 17.7 Å². The molecule has 0 atom stereocenters. The van der Waals surface area contributed by atoms with Gasteiger partial charge in [0.2, 0.25) is 5.91 Å². The smallest absolute Gasteiger partial charge is 0.303 e. The van der Waals surface area contributed by atoms with Crippen LogP contribution in [0.5, 0.6) is 0 Å². The average molecular weight is 534 g/mol. The van der Waals surface area contributed by atoms with Crippen LogP contribution in [-0.2, 0) is 19.1 Å². The Morgan fingerprint density at radius 2 is 1.85 bits per heavy atom. The van der Waals surface area contributed by atoms with Crippen molar-refractivity contribution in [2.24, 2.45) is 0 Å². The predicted molar refractivity (Wildman–Crippen MR) is 140 cm³/mol. The third-order valence-corrected chi connectivity index (χ3v) is 5.93. The van der Waals surface area contributed by atoms with Crippen LogP contribution < -0.4 is 0 Å². The van der Waals surface area contributed by atoms with Gasteiger partial charge in [0.15, 0.2) is 5.78 Å². The molecule has 4 rings (SSSR count). The quantitative estimate of drug-likeness (QED) is 0.259. The van der Waals surface area contributed by atoms with Gasteiger partial charge in [-0.1, -0.05) is 24.0 Å². The lowest BCUT2D eigenvalue weighted by atomic mass is 9.97. The fourth-order valence-electron chi connectivity index (χ4n) is 3.96. The fourth-order valence-corrected chi connectivity index (χ4v) is 3.96. The second kappa shape index (κ2) is 11.1. The number of benzene rings is 2. The van der Waals surface area contributed by atoms with E-state index >= 15 is 0 Å². The SMILES string of the molecule is CC(=O)n1cc(C#Cc2cc(C(=O)Cc3cc(-n4ccnc4CN(C)C)cc(C(F)(F)F)c3)ccc2C)cn1. The van der Waals surface area contributed by atoms with Crippen molar-refractivity contribution >= 4 is 11.7 Å². The van der Waals surface area contributed by atoms with Gasteiger partial charge in [0.1, 0.15) is 5.82 Å². The number of hydrogen-bond acceptors (Lipinski definition) is 5. The number of hydrogen-bond donors (Lipinski definition) is 0. The zero-order valence-electron chi connectivity index (χ0n) is 21.9. The van der Waals surface area contributed by atoms with E-state index in [4.69, 9.17) is 0 Å². The van der Waals surface area contributed by atoms with Gasteiger partial charge in [0.05, 0.1) is 23.9 Å². The molecule has 0 aliphatic rings. The average Bonchev–Trinajstić information content (AvgIpc) is 3.52. The Morgan fingerprint density at radius 1 is 1.08 bits per heavy atom. The highest BCUT2D eigenvalue weighted by atomic mass is 19.4. The Balaban J connectivity index is 1.64. The van der Waals surface area contributed by atoms with Crippen molar-refractivity contribution in [1.82, 2.24) is 24.2 Å². The molecule has 10 heteroatoms. The molecule has 39 heavy (non-hydrogen) atoms. The van der Waals surface area contributed by atoms with Crippen LogP contribution in [-0.4, -0.2) is 50.0 Å². The Bertz CT molecular complexity index is 1600. The first-order chi connectivity index (χ1) is 18.4. The van der Waals surface area contributed by atoms with Crippen LogP contribution >= 0.6 is 0 Å². The third kappa shape index (κ3) is 6.69. The monoisotopic (exact) mass is 533 g/mol. The topological polar surface area (TPSA) is 73.0 Å². The normalized spacial score (nSPS) is 11.4. The number of halogens is 3. The lowest BCUT2D eigenvalue weighted by molar-refractivity contribution is -0.137.